The summed E-state index contributed by atoms with van der Waals surface area (Å²) in [5.74, 6) is -0.241. The van der Waals surface area contributed by atoms with Crippen LogP contribution in [0, 0.1) is 0 Å². The Kier molecular flexibility index (Phi) is 5.29. The van der Waals surface area contributed by atoms with Gasteiger partial charge in [0, 0.05) is 11.6 Å². The molecule has 4 heteroatoms. The third-order valence-corrected chi connectivity index (χ3v) is 2.46. The van der Waals surface area contributed by atoms with Gasteiger partial charge in [0.1, 0.15) is 6.61 Å². The van der Waals surface area contributed by atoms with Crippen LogP contribution in [0.4, 0.5) is 0 Å². The average Bonchev–Trinajstić information content (AvgIpc) is 2.21. The van der Waals surface area contributed by atoms with Crippen LogP contribution in [0.25, 0.3) is 0 Å². The second kappa shape index (κ2) is 6.51. The Morgan fingerprint density at radius 1 is 1.38 bits per heavy atom. The molecule has 0 unspecified atom stereocenters. The van der Waals surface area contributed by atoms with E-state index in [0.29, 0.717) is 11.6 Å². The molecule has 0 aromatic heterocycles. The van der Waals surface area contributed by atoms with Crippen molar-refractivity contribution in [3.63, 3.8) is 0 Å². The van der Waals surface area contributed by atoms with Crippen LogP contribution in [0.1, 0.15) is 5.56 Å². The number of carbonyl (C=O) groups excluding carboxylic acids is 1. The first-order chi connectivity index (χ1) is 7.59. The van der Waals surface area contributed by atoms with Crippen molar-refractivity contribution >= 4 is 17.6 Å². The molecule has 0 atom stereocenters. The second-order valence-electron chi connectivity index (χ2n) is 3.79. The summed E-state index contributed by atoms with van der Waals surface area (Å²) < 4.78 is 5.07. The molecular formula is C12H16ClNO2. The van der Waals surface area contributed by atoms with Crippen LogP contribution >= 0.6 is 11.6 Å². The first-order valence-corrected chi connectivity index (χ1v) is 5.51. The van der Waals surface area contributed by atoms with E-state index in [-0.39, 0.29) is 12.4 Å². The molecular weight excluding hydrogens is 226 g/mol. The Hall–Kier alpha value is -1.06. The largest absolute Gasteiger partial charge is 0.464 e. The number of carbonyl (C=O) groups is 1. The van der Waals surface area contributed by atoms with E-state index in [2.05, 4.69) is 0 Å². The molecule has 0 aliphatic heterocycles. The predicted octanol–water partition coefficient (Wildman–Crippen LogP) is 1.99. The van der Waals surface area contributed by atoms with Crippen molar-refractivity contribution < 1.29 is 9.53 Å². The maximum absolute atomic E-state index is 11.4. The van der Waals surface area contributed by atoms with Gasteiger partial charge in [-0.15, -0.1) is 0 Å². The van der Waals surface area contributed by atoms with Crippen LogP contribution in [0.2, 0.25) is 5.02 Å². The molecule has 3 nitrogen and oxygen atoms in total. The molecule has 0 heterocycles. The van der Waals surface area contributed by atoms with E-state index in [1.165, 1.54) is 0 Å². The molecule has 0 bridgehead atoms. The van der Waals surface area contributed by atoms with Gasteiger partial charge in [-0.05, 0) is 25.7 Å². The first kappa shape index (κ1) is 13.0. The zero-order valence-electron chi connectivity index (χ0n) is 9.57. The summed E-state index contributed by atoms with van der Waals surface area (Å²) in [7, 11) is 3.86. The van der Waals surface area contributed by atoms with Crippen LogP contribution in [-0.4, -0.2) is 38.1 Å². The maximum atomic E-state index is 11.4. The summed E-state index contributed by atoms with van der Waals surface area (Å²) in [6, 6.07) is 7.29. The molecule has 0 saturated heterocycles. The van der Waals surface area contributed by atoms with Crippen molar-refractivity contribution in [1.82, 2.24) is 4.90 Å². The highest BCUT2D eigenvalue weighted by Gasteiger charge is 2.07. The van der Waals surface area contributed by atoms with E-state index in [4.69, 9.17) is 16.3 Å². The molecule has 1 aromatic carbocycles. The minimum Gasteiger partial charge on any atom is -0.464 e. The smallest absolute Gasteiger partial charge is 0.310 e. The second-order valence-corrected chi connectivity index (χ2v) is 4.20. The maximum Gasteiger partial charge on any atom is 0.310 e. The SMILES string of the molecule is CN(C)CCOC(=O)Cc1ccccc1Cl. The van der Waals surface area contributed by atoms with Gasteiger partial charge in [0.25, 0.3) is 0 Å². The lowest BCUT2D eigenvalue weighted by atomic mass is 10.1. The Balaban J connectivity index is 2.37. The van der Waals surface area contributed by atoms with E-state index in [0.717, 1.165) is 12.1 Å². The zero-order valence-corrected chi connectivity index (χ0v) is 10.3. The lowest BCUT2D eigenvalue weighted by Crippen LogP contribution is -2.20. The molecule has 88 valence electrons. The molecule has 0 aliphatic carbocycles. The molecule has 1 rings (SSSR count). The van der Waals surface area contributed by atoms with Gasteiger partial charge in [-0.25, -0.2) is 0 Å². The highest BCUT2D eigenvalue weighted by Crippen LogP contribution is 2.15. The number of esters is 1. The highest BCUT2D eigenvalue weighted by atomic mass is 35.5. The number of ether oxygens (including phenoxy) is 1. The fraction of sp³-hybridized carbons (Fsp3) is 0.417. The number of halogens is 1. The number of rotatable bonds is 5. The van der Waals surface area contributed by atoms with Crippen LogP contribution in [0.5, 0.6) is 0 Å². The van der Waals surface area contributed by atoms with Crippen LogP contribution in [-0.2, 0) is 16.0 Å². The van der Waals surface area contributed by atoms with Crippen molar-refractivity contribution in [2.24, 2.45) is 0 Å². The van der Waals surface area contributed by atoms with E-state index >= 15 is 0 Å². The van der Waals surface area contributed by atoms with Gasteiger partial charge in [-0.3, -0.25) is 4.79 Å². The minimum atomic E-state index is -0.241. The number of nitrogens with zero attached hydrogens (tertiary/aromatic N) is 1. The first-order valence-electron chi connectivity index (χ1n) is 5.13. The lowest BCUT2D eigenvalue weighted by molar-refractivity contribution is -0.143. The molecule has 0 aliphatic rings. The third kappa shape index (κ3) is 4.64. The molecule has 0 saturated carbocycles. The van der Waals surface area contributed by atoms with E-state index in [1.807, 2.05) is 37.2 Å². The molecule has 0 radical (unpaired) electrons. The number of benzene rings is 1. The standard InChI is InChI=1S/C12H16ClNO2/c1-14(2)7-8-16-12(15)9-10-5-3-4-6-11(10)13/h3-6H,7-9H2,1-2H3. The normalized spacial score (nSPS) is 10.5. The number of hydrogen-bond donors (Lipinski definition) is 0. The Morgan fingerprint density at radius 3 is 2.69 bits per heavy atom. The van der Waals surface area contributed by atoms with E-state index in [1.54, 1.807) is 6.07 Å². The average molecular weight is 242 g/mol. The van der Waals surface area contributed by atoms with Crippen LogP contribution in [0.15, 0.2) is 24.3 Å². The van der Waals surface area contributed by atoms with Gasteiger partial charge in [0.05, 0.1) is 6.42 Å². The van der Waals surface area contributed by atoms with Crippen molar-refractivity contribution in [3.05, 3.63) is 34.9 Å². The summed E-state index contributed by atoms with van der Waals surface area (Å²) in [5.41, 5.74) is 0.805. The molecule has 0 spiro atoms. The fourth-order valence-corrected chi connectivity index (χ4v) is 1.39. The fourth-order valence-electron chi connectivity index (χ4n) is 1.19. The quantitative estimate of drug-likeness (QED) is 0.739. The van der Waals surface area contributed by atoms with Crippen molar-refractivity contribution in [3.8, 4) is 0 Å². The summed E-state index contributed by atoms with van der Waals surface area (Å²) in [6.07, 6.45) is 0.229. The summed E-state index contributed by atoms with van der Waals surface area (Å²) in [4.78, 5) is 13.4. The summed E-state index contributed by atoms with van der Waals surface area (Å²) >= 11 is 5.94. The van der Waals surface area contributed by atoms with Crippen molar-refractivity contribution in [2.45, 2.75) is 6.42 Å². The van der Waals surface area contributed by atoms with Gasteiger partial charge in [0.2, 0.25) is 0 Å². The van der Waals surface area contributed by atoms with Crippen molar-refractivity contribution in [1.29, 1.82) is 0 Å². The van der Waals surface area contributed by atoms with E-state index < -0.39 is 0 Å². The Bertz CT molecular complexity index is 353. The topological polar surface area (TPSA) is 29.5 Å². The number of likely N-dealkylation sites (N-methyl/N-ethyl adjacent to an activating group) is 1. The molecule has 0 amide bonds. The molecule has 0 fully saturated rings. The third-order valence-electron chi connectivity index (χ3n) is 2.09. The molecule has 1 aromatic rings. The zero-order chi connectivity index (χ0) is 12.0. The summed E-state index contributed by atoms with van der Waals surface area (Å²) in [6.45, 7) is 1.14. The van der Waals surface area contributed by atoms with Gasteiger partial charge in [-0.2, -0.15) is 0 Å². The number of hydrogen-bond acceptors (Lipinski definition) is 3. The summed E-state index contributed by atoms with van der Waals surface area (Å²) in [5, 5.41) is 0.604. The van der Waals surface area contributed by atoms with Gasteiger partial charge in [0.15, 0.2) is 0 Å². The molecule has 0 N–H and O–H groups in total. The van der Waals surface area contributed by atoms with Crippen molar-refractivity contribution in [2.75, 3.05) is 27.2 Å². The molecule has 16 heavy (non-hydrogen) atoms. The van der Waals surface area contributed by atoms with Crippen LogP contribution in [0.3, 0.4) is 0 Å². The van der Waals surface area contributed by atoms with Gasteiger partial charge in [-0.1, -0.05) is 29.8 Å². The highest BCUT2D eigenvalue weighted by molar-refractivity contribution is 6.31. The van der Waals surface area contributed by atoms with Gasteiger partial charge < -0.3 is 9.64 Å². The monoisotopic (exact) mass is 241 g/mol. The lowest BCUT2D eigenvalue weighted by Gasteiger charge is -2.10. The van der Waals surface area contributed by atoms with Crippen LogP contribution < -0.4 is 0 Å². The predicted molar refractivity (Wildman–Crippen MR) is 64.7 cm³/mol. The van der Waals surface area contributed by atoms with E-state index in [9.17, 15) is 4.79 Å². The minimum absolute atomic E-state index is 0.229. The van der Waals surface area contributed by atoms with Gasteiger partial charge >= 0.3 is 5.97 Å². The Labute approximate surface area is 101 Å². The Morgan fingerprint density at radius 2 is 2.06 bits per heavy atom.